The van der Waals surface area contributed by atoms with E-state index in [4.69, 9.17) is 19.6 Å². The molecule has 0 aliphatic carbocycles. The highest BCUT2D eigenvalue weighted by Crippen LogP contribution is 2.31. The predicted molar refractivity (Wildman–Crippen MR) is 195 cm³/mol. The Kier molecular flexibility index (Phi) is 11.0. The number of carbonyl (C=O) groups excluding carboxylic acids is 2. The molecule has 2 aromatic heterocycles. The fraction of sp³-hybridized carbons (Fsp3) is 0.579. The minimum absolute atomic E-state index is 0.0684. The molecule has 50 heavy (non-hydrogen) atoms. The number of nitrogens with one attached hydrogen (secondary N) is 1. The van der Waals surface area contributed by atoms with Crippen LogP contribution in [0.5, 0.6) is 0 Å². The Morgan fingerprint density at radius 3 is 2.32 bits per heavy atom. The summed E-state index contributed by atoms with van der Waals surface area (Å²) in [6, 6.07) is 13.1. The fourth-order valence-electron chi connectivity index (χ4n) is 7.22. The lowest BCUT2D eigenvalue weighted by molar-refractivity contribution is -0.141. The molecular formula is C38H54N8O4. The second-order valence-electron chi connectivity index (χ2n) is 15.0. The minimum atomic E-state index is -0.533. The highest BCUT2D eigenvalue weighted by Gasteiger charge is 2.29. The Hall–Kier alpha value is -4.16. The quantitative estimate of drug-likeness (QED) is 0.317. The number of hydrogen-bond acceptors (Lipinski definition) is 10. The molecule has 1 aromatic carbocycles. The molecule has 0 spiro atoms. The van der Waals surface area contributed by atoms with E-state index in [0.717, 1.165) is 98.5 Å². The number of rotatable bonds is 9. The maximum absolute atomic E-state index is 12.9. The number of anilines is 2. The maximum atomic E-state index is 12.9. The Morgan fingerprint density at radius 1 is 0.920 bits per heavy atom. The summed E-state index contributed by atoms with van der Waals surface area (Å²) in [5.41, 5.74) is 6.99. The van der Waals surface area contributed by atoms with E-state index in [9.17, 15) is 9.59 Å². The molecule has 0 radical (unpaired) electrons. The number of aryl methyl sites for hydroxylation is 3. The van der Waals surface area contributed by atoms with E-state index in [1.54, 1.807) is 4.90 Å². The minimum Gasteiger partial charge on any atom is -0.469 e. The molecule has 5 heterocycles. The van der Waals surface area contributed by atoms with Crippen molar-refractivity contribution in [1.29, 1.82) is 0 Å². The van der Waals surface area contributed by atoms with Crippen LogP contribution in [0.1, 0.15) is 67.7 Å². The van der Waals surface area contributed by atoms with Gasteiger partial charge < -0.3 is 29.5 Å². The van der Waals surface area contributed by atoms with Crippen molar-refractivity contribution >= 4 is 23.6 Å². The monoisotopic (exact) mass is 686 g/mol. The van der Waals surface area contributed by atoms with Crippen LogP contribution in [0.4, 0.5) is 16.3 Å². The topological polar surface area (TPSA) is 108 Å². The average Bonchev–Trinajstić information content (AvgIpc) is 3.45. The van der Waals surface area contributed by atoms with Gasteiger partial charge in [0.15, 0.2) is 0 Å². The van der Waals surface area contributed by atoms with Crippen molar-refractivity contribution in [2.45, 2.75) is 71.9 Å². The molecular weight excluding hydrogens is 632 g/mol. The van der Waals surface area contributed by atoms with Crippen LogP contribution in [0.15, 0.2) is 36.4 Å². The van der Waals surface area contributed by atoms with Crippen LogP contribution in [0.3, 0.4) is 0 Å². The number of piperazine rings is 2. The molecule has 12 nitrogen and oxygen atoms in total. The van der Waals surface area contributed by atoms with Gasteiger partial charge in [-0.1, -0.05) is 6.07 Å². The normalized spacial score (nSPS) is 18.0. The van der Waals surface area contributed by atoms with Gasteiger partial charge >= 0.3 is 12.1 Å². The summed E-state index contributed by atoms with van der Waals surface area (Å²) in [5, 5.41) is 8.26. The van der Waals surface area contributed by atoms with Gasteiger partial charge in [-0.3, -0.25) is 9.69 Å². The summed E-state index contributed by atoms with van der Waals surface area (Å²) in [5.74, 6) is 0.760. The Bertz CT molecular complexity index is 1650. The van der Waals surface area contributed by atoms with E-state index in [-0.39, 0.29) is 24.4 Å². The molecule has 270 valence electrons. The lowest BCUT2D eigenvalue weighted by atomic mass is 9.93. The Morgan fingerprint density at radius 2 is 1.64 bits per heavy atom. The van der Waals surface area contributed by atoms with Crippen LogP contribution >= 0.6 is 0 Å². The predicted octanol–water partition coefficient (Wildman–Crippen LogP) is 4.76. The Balaban J connectivity index is 1.19. The first kappa shape index (κ1) is 35.7. The number of hydrogen-bond donors (Lipinski definition) is 1. The van der Waals surface area contributed by atoms with E-state index < -0.39 is 5.60 Å². The molecule has 0 bridgehead atoms. The molecule has 1 amide bonds. The number of carbonyl (C=O) groups is 2. The number of amides is 1. The van der Waals surface area contributed by atoms with E-state index >= 15 is 0 Å². The fourth-order valence-corrected chi connectivity index (χ4v) is 7.22. The van der Waals surface area contributed by atoms with Crippen LogP contribution < -0.4 is 10.2 Å². The zero-order valence-corrected chi connectivity index (χ0v) is 30.7. The third-order valence-electron chi connectivity index (χ3n) is 9.87. The van der Waals surface area contributed by atoms with Crippen molar-refractivity contribution in [3.63, 3.8) is 0 Å². The van der Waals surface area contributed by atoms with E-state index in [1.165, 1.54) is 12.7 Å². The summed E-state index contributed by atoms with van der Waals surface area (Å²) in [7, 11) is 1.46. The van der Waals surface area contributed by atoms with Gasteiger partial charge in [-0.25, -0.2) is 14.5 Å². The van der Waals surface area contributed by atoms with Crippen LogP contribution in [0.2, 0.25) is 0 Å². The molecule has 1 unspecified atom stereocenters. The van der Waals surface area contributed by atoms with Gasteiger partial charge in [0.1, 0.15) is 11.4 Å². The van der Waals surface area contributed by atoms with Gasteiger partial charge in [-0.05, 0) is 88.9 Å². The zero-order chi connectivity index (χ0) is 35.4. The van der Waals surface area contributed by atoms with Crippen LogP contribution in [0, 0.1) is 13.8 Å². The highest BCUT2D eigenvalue weighted by atomic mass is 16.6. The zero-order valence-electron chi connectivity index (χ0n) is 30.7. The number of benzene rings is 1. The van der Waals surface area contributed by atoms with Gasteiger partial charge in [-0.2, -0.15) is 5.10 Å². The van der Waals surface area contributed by atoms with Crippen LogP contribution in [-0.4, -0.2) is 120 Å². The molecule has 1 N–H and O–H groups in total. The summed E-state index contributed by atoms with van der Waals surface area (Å²) < 4.78 is 12.8. The third kappa shape index (κ3) is 8.95. The van der Waals surface area contributed by atoms with Gasteiger partial charge in [0.05, 0.1) is 30.6 Å². The molecule has 2 fully saturated rings. The number of nitrogens with zero attached hydrogens (tertiary/aromatic N) is 7. The molecule has 3 aliphatic rings. The summed E-state index contributed by atoms with van der Waals surface area (Å²) >= 11 is 0. The molecule has 3 aromatic rings. The number of fused-ring (bicyclic) bond motifs is 1. The second kappa shape index (κ2) is 15.4. The van der Waals surface area contributed by atoms with Gasteiger partial charge in [0, 0.05) is 89.3 Å². The molecule has 1 atom stereocenters. The van der Waals surface area contributed by atoms with Crippen LogP contribution in [0.25, 0.3) is 5.69 Å². The van der Waals surface area contributed by atoms with Crippen molar-refractivity contribution < 1.29 is 19.1 Å². The first-order valence-electron chi connectivity index (χ1n) is 18.1. The largest absolute Gasteiger partial charge is 0.469 e. The number of esters is 1. The van der Waals surface area contributed by atoms with E-state index in [2.05, 4.69) is 63.3 Å². The van der Waals surface area contributed by atoms with Gasteiger partial charge in [0.25, 0.3) is 0 Å². The molecule has 0 saturated carbocycles. The van der Waals surface area contributed by atoms with Gasteiger partial charge in [0.2, 0.25) is 0 Å². The second-order valence-corrected chi connectivity index (χ2v) is 15.0. The van der Waals surface area contributed by atoms with Crippen molar-refractivity contribution in [2.24, 2.45) is 0 Å². The number of methoxy groups -OCH3 is 1. The lowest BCUT2D eigenvalue weighted by Crippen LogP contribution is -2.50. The summed E-state index contributed by atoms with van der Waals surface area (Å²) in [6.07, 6.45) is 2.27. The first-order valence-corrected chi connectivity index (χ1v) is 18.1. The highest BCUT2D eigenvalue weighted by molar-refractivity contribution is 5.71. The van der Waals surface area contributed by atoms with Crippen molar-refractivity contribution in [3.8, 4) is 5.69 Å². The summed E-state index contributed by atoms with van der Waals surface area (Å²) in [4.78, 5) is 39.6. The smallest absolute Gasteiger partial charge is 0.410 e. The number of ether oxygens (including phenoxy) is 2. The van der Waals surface area contributed by atoms with Crippen molar-refractivity contribution in [3.05, 3.63) is 64.6 Å². The van der Waals surface area contributed by atoms with Crippen LogP contribution in [-0.2, 0) is 27.2 Å². The van der Waals surface area contributed by atoms with Crippen molar-refractivity contribution in [1.82, 2.24) is 29.5 Å². The standard InChI is InChI=1S/C38H54N8O4/c1-27-20-28(2)46(41-27)34-22-30(21-33(24-34)44-16-18-45(19-17-44)37(48)50-38(3,4)5)31(23-35(47)49-6)25-42-12-14-43(15-13-42)26-32-10-9-29-8-7-11-39-36(29)40-32/h9-10,20-22,24,31H,7-8,11-19,23,25-26H2,1-6H3,(H,39,40). The number of pyridine rings is 1. The molecule has 3 aliphatic heterocycles. The first-order chi connectivity index (χ1) is 23.9. The molecule has 12 heteroatoms. The van der Waals surface area contributed by atoms with Gasteiger partial charge in [-0.15, -0.1) is 0 Å². The number of aromatic nitrogens is 3. The lowest BCUT2D eigenvalue weighted by Gasteiger charge is -2.38. The molecule has 6 rings (SSSR count). The van der Waals surface area contributed by atoms with E-state index in [0.29, 0.717) is 26.2 Å². The van der Waals surface area contributed by atoms with E-state index in [1.807, 2.05) is 32.4 Å². The Labute approximate surface area is 296 Å². The van der Waals surface area contributed by atoms with Crippen molar-refractivity contribution in [2.75, 3.05) is 82.8 Å². The maximum Gasteiger partial charge on any atom is 0.410 e. The summed E-state index contributed by atoms with van der Waals surface area (Å²) in [6.45, 7) is 18.5. The molecule has 2 saturated heterocycles. The SMILES string of the molecule is COC(=O)CC(CN1CCN(Cc2ccc3c(n2)NCCC3)CC1)c1cc(N2CCN(C(=O)OC(C)(C)C)CC2)cc(-n2nc(C)cc2C)c1. The third-order valence-corrected chi connectivity index (χ3v) is 9.87. The average molecular weight is 687 g/mol.